The van der Waals surface area contributed by atoms with Crippen LogP contribution >= 0.6 is 0 Å². The van der Waals surface area contributed by atoms with Crippen molar-refractivity contribution in [2.45, 2.75) is 26.4 Å². The van der Waals surface area contributed by atoms with Crippen LogP contribution in [0.15, 0.2) is 12.1 Å². The Morgan fingerprint density at radius 1 is 1.31 bits per heavy atom. The van der Waals surface area contributed by atoms with Crippen molar-refractivity contribution < 1.29 is 15.3 Å². The van der Waals surface area contributed by atoms with Gasteiger partial charge >= 0.3 is 0 Å². The molecule has 0 aliphatic carbocycles. The minimum absolute atomic E-state index is 0.0886. The number of aliphatic hydroxyl groups excluding tert-OH is 1. The normalized spacial score (nSPS) is 12.8. The lowest BCUT2D eigenvalue weighted by Gasteiger charge is -2.08. The van der Waals surface area contributed by atoms with Crippen molar-refractivity contribution in [2.24, 2.45) is 0 Å². The number of aromatic hydroxyl groups is 2. The van der Waals surface area contributed by atoms with Crippen LogP contribution < -0.4 is 0 Å². The van der Waals surface area contributed by atoms with E-state index in [9.17, 15) is 10.2 Å². The number of hydrogen-bond acceptors (Lipinski definition) is 3. The molecule has 0 aliphatic rings. The molecule has 1 rings (SSSR count). The molecule has 0 fully saturated rings. The summed E-state index contributed by atoms with van der Waals surface area (Å²) in [6.07, 6.45) is 0.0395. The van der Waals surface area contributed by atoms with Gasteiger partial charge in [0.25, 0.3) is 0 Å². The van der Waals surface area contributed by atoms with Gasteiger partial charge in [-0.1, -0.05) is 6.07 Å². The van der Waals surface area contributed by atoms with Crippen LogP contribution in [0.5, 0.6) is 11.5 Å². The highest BCUT2D eigenvalue weighted by molar-refractivity contribution is 5.46. The lowest BCUT2D eigenvalue weighted by atomic mass is 10.0. The van der Waals surface area contributed by atoms with Gasteiger partial charge in [-0.15, -0.1) is 0 Å². The van der Waals surface area contributed by atoms with E-state index in [-0.39, 0.29) is 11.5 Å². The maximum atomic E-state index is 9.26. The SMILES string of the molecule is Cc1cc(CC(C)O)cc(O)c1O. The van der Waals surface area contributed by atoms with Crippen molar-refractivity contribution in [2.75, 3.05) is 0 Å². The molecule has 0 spiro atoms. The third-order valence-electron chi connectivity index (χ3n) is 1.87. The van der Waals surface area contributed by atoms with E-state index in [0.717, 1.165) is 5.56 Å². The van der Waals surface area contributed by atoms with Crippen LogP contribution in [0.2, 0.25) is 0 Å². The molecule has 0 saturated carbocycles. The average Bonchev–Trinajstić information content (AvgIpc) is 1.98. The summed E-state index contributed by atoms with van der Waals surface area (Å²) >= 11 is 0. The van der Waals surface area contributed by atoms with E-state index in [4.69, 9.17) is 5.11 Å². The predicted molar refractivity (Wildman–Crippen MR) is 49.9 cm³/mol. The lowest BCUT2D eigenvalue weighted by Crippen LogP contribution is -2.04. The summed E-state index contributed by atoms with van der Waals surface area (Å²) in [6.45, 7) is 3.39. The number of rotatable bonds is 2. The molecule has 1 aromatic carbocycles. The van der Waals surface area contributed by atoms with Gasteiger partial charge in [-0.25, -0.2) is 0 Å². The smallest absolute Gasteiger partial charge is 0.160 e. The molecule has 0 radical (unpaired) electrons. The predicted octanol–water partition coefficient (Wildman–Crippen LogP) is 1.33. The number of aliphatic hydroxyl groups is 1. The summed E-state index contributed by atoms with van der Waals surface area (Å²) in [5.74, 6) is -0.218. The Kier molecular flexibility index (Phi) is 2.78. The quantitative estimate of drug-likeness (QED) is 0.605. The molecule has 0 heterocycles. The topological polar surface area (TPSA) is 60.7 Å². The minimum atomic E-state index is -0.441. The van der Waals surface area contributed by atoms with Crippen molar-refractivity contribution in [1.29, 1.82) is 0 Å². The summed E-state index contributed by atoms with van der Waals surface area (Å²) in [5.41, 5.74) is 1.44. The number of phenols is 2. The summed E-state index contributed by atoms with van der Waals surface area (Å²) in [7, 11) is 0. The van der Waals surface area contributed by atoms with Gasteiger partial charge < -0.3 is 15.3 Å². The third-order valence-corrected chi connectivity index (χ3v) is 1.87. The summed E-state index contributed by atoms with van der Waals surface area (Å²) in [6, 6.07) is 3.22. The molecular weight excluding hydrogens is 168 g/mol. The fraction of sp³-hybridized carbons (Fsp3) is 0.400. The first-order valence-corrected chi connectivity index (χ1v) is 4.20. The Labute approximate surface area is 77.3 Å². The number of aryl methyl sites for hydroxylation is 1. The monoisotopic (exact) mass is 182 g/mol. The molecule has 1 aromatic rings. The molecule has 3 nitrogen and oxygen atoms in total. The third kappa shape index (κ3) is 2.36. The molecule has 0 aromatic heterocycles. The van der Waals surface area contributed by atoms with Gasteiger partial charge in [-0.2, -0.15) is 0 Å². The molecule has 0 bridgehead atoms. The van der Waals surface area contributed by atoms with Crippen molar-refractivity contribution in [3.63, 3.8) is 0 Å². The van der Waals surface area contributed by atoms with Crippen LogP contribution in [-0.2, 0) is 6.42 Å². The fourth-order valence-electron chi connectivity index (χ4n) is 1.29. The van der Waals surface area contributed by atoms with E-state index in [1.807, 2.05) is 0 Å². The molecule has 3 N–H and O–H groups in total. The van der Waals surface area contributed by atoms with Crippen LogP contribution in [0.4, 0.5) is 0 Å². The Hall–Kier alpha value is -1.22. The molecule has 3 heteroatoms. The van der Waals surface area contributed by atoms with Gasteiger partial charge in [0.1, 0.15) is 0 Å². The van der Waals surface area contributed by atoms with Gasteiger partial charge in [0.05, 0.1) is 6.10 Å². The zero-order chi connectivity index (χ0) is 10.0. The van der Waals surface area contributed by atoms with Crippen molar-refractivity contribution in [3.8, 4) is 11.5 Å². The molecule has 1 unspecified atom stereocenters. The zero-order valence-electron chi connectivity index (χ0n) is 7.78. The lowest BCUT2D eigenvalue weighted by molar-refractivity contribution is 0.195. The van der Waals surface area contributed by atoms with Gasteiger partial charge in [-0.3, -0.25) is 0 Å². The first-order chi connectivity index (χ1) is 6.00. The summed E-state index contributed by atoms with van der Waals surface area (Å²) < 4.78 is 0. The Balaban J connectivity index is 2.99. The maximum Gasteiger partial charge on any atom is 0.160 e. The first-order valence-electron chi connectivity index (χ1n) is 4.20. The molecule has 0 saturated heterocycles. The van der Waals surface area contributed by atoms with E-state index < -0.39 is 6.10 Å². The van der Waals surface area contributed by atoms with Gasteiger partial charge in [0.2, 0.25) is 0 Å². The largest absolute Gasteiger partial charge is 0.504 e. The minimum Gasteiger partial charge on any atom is -0.504 e. The van der Waals surface area contributed by atoms with Crippen molar-refractivity contribution in [1.82, 2.24) is 0 Å². The fourth-order valence-corrected chi connectivity index (χ4v) is 1.29. The van der Waals surface area contributed by atoms with E-state index in [1.54, 1.807) is 19.9 Å². The molecular formula is C10H14O3. The zero-order valence-corrected chi connectivity index (χ0v) is 7.78. The van der Waals surface area contributed by atoms with Crippen LogP contribution in [-0.4, -0.2) is 21.4 Å². The van der Waals surface area contributed by atoms with Gasteiger partial charge in [0.15, 0.2) is 11.5 Å². The highest BCUT2D eigenvalue weighted by Crippen LogP contribution is 2.29. The maximum absolute atomic E-state index is 9.26. The molecule has 13 heavy (non-hydrogen) atoms. The number of benzene rings is 1. The van der Waals surface area contributed by atoms with E-state index >= 15 is 0 Å². The number of phenolic OH excluding ortho intramolecular Hbond substituents is 2. The van der Waals surface area contributed by atoms with E-state index in [0.29, 0.717) is 12.0 Å². The Bertz CT molecular complexity index is 282. The Morgan fingerprint density at radius 2 is 1.92 bits per heavy atom. The highest BCUT2D eigenvalue weighted by atomic mass is 16.3. The highest BCUT2D eigenvalue weighted by Gasteiger charge is 2.06. The van der Waals surface area contributed by atoms with Crippen molar-refractivity contribution in [3.05, 3.63) is 23.3 Å². The van der Waals surface area contributed by atoms with Crippen LogP contribution in [0, 0.1) is 6.92 Å². The standard InChI is InChI=1S/C10H14O3/c1-6-3-8(4-7(2)11)5-9(12)10(6)13/h3,5,7,11-13H,4H2,1-2H3. The van der Waals surface area contributed by atoms with Gasteiger partial charge in [0, 0.05) is 0 Å². The van der Waals surface area contributed by atoms with Crippen LogP contribution in [0.25, 0.3) is 0 Å². The summed E-state index contributed by atoms with van der Waals surface area (Å²) in [4.78, 5) is 0. The first kappa shape index (κ1) is 9.86. The average molecular weight is 182 g/mol. The van der Waals surface area contributed by atoms with E-state index in [1.165, 1.54) is 6.07 Å². The molecule has 1 atom stereocenters. The van der Waals surface area contributed by atoms with Crippen LogP contribution in [0.1, 0.15) is 18.1 Å². The van der Waals surface area contributed by atoms with Crippen molar-refractivity contribution >= 4 is 0 Å². The second kappa shape index (κ2) is 3.66. The van der Waals surface area contributed by atoms with Crippen LogP contribution in [0.3, 0.4) is 0 Å². The van der Waals surface area contributed by atoms with Gasteiger partial charge in [-0.05, 0) is 37.5 Å². The Morgan fingerprint density at radius 3 is 2.38 bits per heavy atom. The van der Waals surface area contributed by atoms with E-state index in [2.05, 4.69) is 0 Å². The molecule has 72 valence electrons. The molecule has 0 aliphatic heterocycles. The molecule has 0 amide bonds. The number of hydrogen-bond donors (Lipinski definition) is 3. The second-order valence-corrected chi connectivity index (χ2v) is 3.33. The summed E-state index contributed by atoms with van der Waals surface area (Å²) in [5, 5.41) is 27.6. The second-order valence-electron chi connectivity index (χ2n) is 3.33.